The summed E-state index contributed by atoms with van der Waals surface area (Å²) in [4.78, 5) is 18.2. The zero-order valence-corrected chi connectivity index (χ0v) is 13.7. The zero-order valence-electron chi connectivity index (χ0n) is 12.9. The van der Waals surface area contributed by atoms with Gasteiger partial charge in [0.25, 0.3) is 0 Å². The molecule has 8 heteroatoms. The van der Waals surface area contributed by atoms with Crippen LogP contribution in [0.1, 0.15) is 25.8 Å². The van der Waals surface area contributed by atoms with Crippen molar-refractivity contribution in [2.75, 3.05) is 4.90 Å². The Labute approximate surface area is 134 Å². The number of para-hydroxylation sites is 1. The number of rotatable bonds is 3. The van der Waals surface area contributed by atoms with Crippen molar-refractivity contribution in [3.05, 3.63) is 36.2 Å². The van der Waals surface area contributed by atoms with Crippen molar-refractivity contribution in [1.29, 1.82) is 0 Å². The second-order valence-electron chi connectivity index (χ2n) is 5.70. The number of carbonyl (C=O) groups is 1. The summed E-state index contributed by atoms with van der Waals surface area (Å²) in [5.74, 6) is -0.443. The first-order chi connectivity index (χ1) is 10.9. The first-order valence-electron chi connectivity index (χ1n) is 7.43. The van der Waals surface area contributed by atoms with Gasteiger partial charge in [-0.25, -0.2) is 13.4 Å². The molecule has 23 heavy (non-hydrogen) atoms. The molecule has 0 saturated heterocycles. The highest BCUT2D eigenvalue weighted by Gasteiger charge is 2.38. The second kappa shape index (κ2) is 5.77. The van der Waals surface area contributed by atoms with E-state index in [1.165, 1.54) is 6.92 Å². The van der Waals surface area contributed by atoms with Gasteiger partial charge in [-0.3, -0.25) is 9.89 Å². The number of benzene rings is 1. The molecule has 2 aromatic rings. The van der Waals surface area contributed by atoms with Crippen molar-refractivity contribution in [2.45, 2.75) is 43.1 Å². The van der Waals surface area contributed by atoms with E-state index in [0.717, 1.165) is 30.4 Å². The molecule has 2 atom stereocenters. The number of nitrogens with one attached hydrogen (secondary N) is 1. The first kappa shape index (κ1) is 15.7. The van der Waals surface area contributed by atoms with Gasteiger partial charge >= 0.3 is 0 Å². The van der Waals surface area contributed by atoms with Gasteiger partial charge in [0.05, 0.1) is 0 Å². The maximum absolute atomic E-state index is 12.9. The summed E-state index contributed by atoms with van der Waals surface area (Å²) >= 11 is 0. The summed E-state index contributed by atoms with van der Waals surface area (Å²) in [6.45, 7) is 3.33. The standard InChI is InChI=1S/C15H18N4O3S/c1-10-7-8-12-5-3-4-6-13(12)19(10)14(20)11(2)23(21,22)15-16-9-17-18-15/h3-6,9-11H,7-8H2,1-2H3,(H,16,17,18). The lowest BCUT2D eigenvalue weighted by atomic mass is 9.96. The normalized spacial score (nSPS) is 19.2. The number of aryl methyl sites for hydroxylation is 1. The molecule has 0 fully saturated rings. The van der Waals surface area contributed by atoms with Crippen LogP contribution in [0.3, 0.4) is 0 Å². The topological polar surface area (TPSA) is 96.0 Å². The van der Waals surface area contributed by atoms with Crippen LogP contribution in [-0.2, 0) is 21.1 Å². The van der Waals surface area contributed by atoms with Crippen LogP contribution in [0.5, 0.6) is 0 Å². The fraction of sp³-hybridized carbons (Fsp3) is 0.400. The molecule has 1 aliphatic rings. The fourth-order valence-corrected chi connectivity index (χ4v) is 3.94. The van der Waals surface area contributed by atoms with Gasteiger partial charge in [-0.05, 0) is 38.3 Å². The van der Waals surface area contributed by atoms with Gasteiger partial charge in [-0.1, -0.05) is 18.2 Å². The minimum absolute atomic E-state index is 0.0511. The Hall–Kier alpha value is -2.22. The SMILES string of the molecule is CC1CCc2ccccc2N1C(=O)C(C)S(=O)(=O)c1ncn[nH]1. The number of amides is 1. The van der Waals surface area contributed by atoms with Crippen LogP contribution in [0.4, 0.5) is 5.69 Å². The molecule has 0 saturated carbocycles. The number of carbonyl (C=O) groups excluding carboxylic acids is 1. The van der Waals surface area contributed by atoms with E-state index in [9.17, 15) is 13.2 Å². The van der Waals surface area contributed by atoms with Gasteiger partial charge in [-0.15, -0.1) is 0 Å². The number of nitrogens with zero attached hydrogens (tertiary/aromatic N) is 3. The third-order valence-corrected chi connectivity index (χ3v) is 6.10. The maximum atomic E-state index is 12.9. The highest BCUT2D eigenvalue weighted by atomic mass is 32.2. The number of aromatic nitrogens is 3. The Kier molecular flexibility index (Phi) is 3.93. The highest BCUT2D eigenvalue weighted by molar-refractivity contribution is 7.92. The van der Waals surface area contributed by atoms with E-state index in [4.69, 9.17) is 0 Å². The Morgan fingerprint density at radius 1 is 1.39 bits per heavy atom. The summed E-state index contributed by atoms with van der Waals surface area (Å²) in [5.41, 5.74) is 1.85. The molecule has 2 heterocycles. The van der Waals surface area contributed by atoms with E-state index in [2.05, 4.69) is 15.2 Å². The van der Waals surface area contributed by atoms with E-state index < -0.39 is 21.0 Å². The number of fused-ring (bicyclic) bond motifs is 1. The van der Waals surface area contributed by atoms with Crippen LogP contribution in [0.15, 0.2) is 35.7 Å². The van der Waals surface area contributed by atoms with Crippen LogP contribution in [0.2, 0.25) is 0 Å². The largest absolute Gasteiger partial charge is 0.308 e. The van der Waals surface area contributed by atoms with Gasteiger partial charge in [0.15, 0.2) is 0 Å². The summed E-state index contributed by atoms with van der Waals surface area (Å²) in [5, 5.41) is 4.37. The number of anilines is 1. The average Bonchev–Trinajstić information content (AvgIpc) is 3.08. The van der Waals surface area contributed by atoms with Gasteiger partial charge in [-0.2, -0.15) is 5.10 Å². The summed E-state index contributed by atoms with van der Waals surface area (Å²) in [6.07, 6.45) is 2.80. The van der Waals surface area contributed by atoms with Crippen molar-refractivity contribution in [2.24, 2.45) is 0 Å². The zero-order chi connectivity index (χ0) is 16.6. The molecule has 0 radical (unpaired) electrons. The molecule has 1 aromatic carbocycles. The van der Waals surface area contributed by atoms with Crippen LogP contribution >= 0.6 is 0 Å². The molecule has 2 unspecified atom stereocenters. The Balaban J connectivity index is 1.97. The number of sulfone groups is 1. The molecule has 122 valence electrons. The molecule has 1 amide bonds. The molecule has 0 bridgehead atoms. The molecular formula is C15H18N4O3S. The molecule has 0 spiro atoms. The van der Waals surface area contributed by atoms with Crippen molar-refractivity contribution in [3.63, 3.8) is 0 Å². The van der Waals surface area contributed by atoms with Crippen molar-refractivity contribution >= 4 is 21.4 Å². The van der Waals surface area contributed by atoms with Crippen molar-refractivity contribution in [3.8, 4) is 0 Å². The maximum Gasteiger partial charge on any atom is 0.245 e. The van der Waals surface area contributed by atoms with E-state index in [1.54, 1.807) is 4.90 Å². The molecule has 7 nitrogen and oxygen atoms in total. The van der Waals surface area contributed by atoms with Crippen LogP contribution in [0, 0.1) is 0 Å². The Morgan fingerprint density at radius 2 is 2.13 bits per heavy atom. The Morgan fingerprint density at radius 3 is 2.83 bits per heavy atom. The number of hydrogen-bond acceptors (Lipinski definition) is 5. The van der Waals surface area contributed by atoms with Crippen LogP contribution in [-0.4, -0.2) is 40.8 Å². The van der Waals surface area contributed by atoms with E-state index >= 15 is 0 Å². The van der Waals surface area contributed by atoms with Crippen LogP contribution in [0.25, 0.3) is 0 Å². The monoisotopic (exact) mass is 334 g/mol. The van der Waals surface area contributed by atoms with Crippen molar-refractivity contribution < 1.29 is 13.2 Å². The number of aromatic amines is 1. The van der Waals surface area contributed by atoms with Gasteiger partial charge in [0, 0.05) is 11.7 Å². The minimum atomic E-state index is -3.89. The summed E-state index contributed by atoms with van der Waals surface area (Å²) < 4.78 is 25.0. The molecule has 1 aliphatic heterocycles. The summed E-state index contributed by atoms with van der Waals surface area (Å²) in [7, 11) is -3.89. The molecular weight excluding hydrogens is 316 g/mol. The van der Waals surface area contributed by atoms with E-state index in [0.29, 0.717) is 0 Å². The summed E-state index contributed by atoms with van der Waals surface area (Å²) in [6, 6.07) is 7.55. The Bertz CT molecular complexity index is 817. The lowest BCUT2D eigenvalue weighted by Gasteiger charge is -2.36. The quantitative estimate of drug-likeness (QED) is 0.913. The molecule has 1 aromatic heterocycles. The molecule has 0 aliphatic carbocycles. The minimum Gasteiger partial charge on any atom is -0.308 e. The lowest BCUT2D eigenvalue weighted by Crippen LogP contribution is -2.48. The first-order valence-corrected chi connectivity index (χ1v) is 8.98. The number of H-pyrrole nitrogens is 1. The second-order valence-corrected chi connectivity index (χ2v) is 7.89. The highest BCUT2D eigenvalue weighted by Crippen LogP contribution is 2.32. The van der Waals surface area contributed by atoms with Crippen LogP contribution < -0.4 is 4.90 Å². The van der Waals surface area contributed by atoms with E-state index in [1.807, 2.05) is 31.2 Å². The molecule has 1 N–H and O–H groups in total. The average molecular weight is 334 g/mol. The number of hydrogen-bond donors (Lipinski definition) is 1. The van der Waals surface area contributed by atoms with Gasteiger partial charge in [0.2, 0.25) is 20.9 Å². The van der Waals surface area contributed by atoms with Gasteiger partial charge < -0.3 is 4.90 Å². The predicted octanol–water partition coefficient (Wildman–Crippen LogP) is 1.33. The predicted molar refractivity (Wildman–Crippen MR) is 84.7 cm³/mol. The van der Waals surface area contributed by atoms with Crippen molar-refractivity contribution in [1.82, 2.24) is 15.2 Å². The third kappa shape index (κ3) is 2.63. The molecule has 3 rings (SSSR count). The fourth-order valence-electron chi connectivity index (χ4n) is 2.85. The third-order valence-electron chi connectivity index (χ3n) is 4.24. The van der Waals surface area contributed by atoms with Gasteiger partial charge in [0.1, 0.15) is 11.6 Å². The van der Waals surface area contributed by atoms with E-state index in [-0.39, 0.29) is 11.2 Å². The smallest absolute Gasteiger partial charge is 0.245 e. The lowest BCUT2D eigenvalue weighted by molar-refractivity contribution is -0.118.